The van der Waals surface area contributed by atoms with E-state index in [4.69, 9.17) is 5.73 Å². The van der Waals surface area contributed by atoms with E-state index < -0.39 is 10.2 Å². The van der Waals surface area contributed by atoms with E-state index >= 15 is 0 Å². The maximum Gasteiger partial charge on any atom is 0.279 e. The molecule has 0 heterocycles. The molecule has 96 valence electrons. The maximum atomic E-state index is 11.8. The minimum absolute atomic E-state index is 0.358. The van der Waals surface area contributed by atoms with Crippen LogP contribution in [0.15, 0.2) is 24.3 Å². The Labute approximate surface area is 103 Å². The first-order valence-electron chi connectivity index (χ1n) is 5.52. The van der Waals surface area contributed by atoms with Crippen molar-refractivity contribution < 1.29 is 8.42 Å². The first-order valence-corrected chi connectivity index (χ1v) is 6.96. The molecule has 0 fully saturated rings. The van der Waals surface area contributed by atoms with Gasteiger partial charge in [0, 0.05) is 25.8 Å². The van der Waals surface area contributed by atoms with Crippen LogP contribution in [-0.4, -0.2) is 26.3 Å². The van der Waals surface area contributed by atoms with Crippen molar-refractivity contribution in [1.82, 2.24) is 9.03 Å². The lowest BCUT2D eigenvalue weighted by molar-refractivity contribution is 0.400. The van der Waals surface area contributed by atoms with E-state index in [9.17, 15) is 8.42 Å². The van der Waals surface area contributed by atoms with E-state index in [1.807, 2.05) is 19.1 Å². The number of nitrogen functional groups attached to an aromatic ring is 1. The molecule has 17 heavy (non-hydrogen) atoms. The summed E-state index contributed by atoms with van der Waals surface area (Å²) in [6, 6.07) is 7.21. The molecule has 0 bridgehead atoms. The van der Waals surface area contributed by atoms with Gasteiger partial charge in [-0.15, -0.1) is 0 Å². The molecular weight excluding hydrogens is 238 g/mol. The molecule has 6 heteroatoms. The Hall–Kier alpha value is -1.11. The lowest BCUT2D eigenvalue weighted by atomic mass is 10.2. The minimum Gasteiger partial charge on any atom is -0.399 e. The highest BCUT2D eigenvalue weighted by atomic mass is 32.2. The molecule has 0 spiro atoms. The number of nitrogens with one attached hydrogen (secondary N) is 1. The van der Waals surface area contributed by atoms with Crippen LogP contribution in [0.2, 0.25) is 0 Å². The third-order valence-electron chi connectivity index (χ3n) is 2.41. The van der Waals surface area contributed by atoms with Gasteiger partial charge in [-0.25, -0.2) is 4.72 Å². The maximum absolute atomic E-state index is 11.8. The van der Waals surface area contributed by atoms with Crippen LogP contribution in [0.3, 0.4) is 0 Å². The fourth-order valence-corrected chi connectivity index (χ4v) is 2.49. The van der Waals surface area contributed by atoms with Gasteiger partial charge in [0.25, 0.3) is 10.2 Å². The number of nitrogens with two attached hydrogens (primary N) is 1. The Balaban J connectivity index is 2.84. The van der Waals surface area contributed by atoms with E-state index in [0.29, 0.717) is 18.8 Å². The Morgan fingerprint density at radius 3 is 2.35 bits per heavy atom. The second kappa shape index (κ2) is 6.00. The van der Waals surface area contributed by atoms with Gasteiger partial charge in [0.1, 0.15) is 0 Å². The molecule has 1 aromatic rings. The van der Waals surface area contributed by atoms with Crippen molar-refractivity contribution in [2.45, 2.75) is 19.9 Å². The van der Waals surface area contributed by atoms with E-state index in [1.165, 1.54) is 11.4 Å². The van der Waals surface area contributed by atoms with Crippen LogP contribution in [0.5, 0.6) is 0 Å². The van der Waals surface area contributed by atoms with Crippen molar-refractivity contribution in [3.8, 4) is 0 Å². The first-order chi connectivity index (χ1) is 7.99. The fourth-order valence-electron chi connectivity index (χ4n) is 1.49. The second-order valence-corrected chi connectivity index (χ2v) is 5.66. The van der Waals surface area contributed by atoms with Gasteiger partial charge in [0.05, 0.1) is 0 Å². The summed E-state index contributed by atoms with van der Waals surface area (Å²) in [6.45, 7) is 2.80. The lowest BCUT2D eigenvalue weighted by Gasteiger charge is -2.20. The van der Waals surface area contributed by atoms with Crippen LogP contribution < -0.4 is 10.5 Å². The quantitative estimate of drug-likeness (QED) is 0.745. The molecule has 0 aromatic heterocycles. The number of hydrogen-bond donors (Lipinski definition) is 2. The summed E-state index contributed by atoms with van der Waals surface area (Å²) < 4.78 is 27.2. The third kappa shape index (κ3) is 3.99. The van der Waals surface area contributed by atoms with Crippen molar-refractivity contribution in [2.75, 3.05) is 19.3 Å². The molecule has 5 nitrogen and oxygen atoms in total. The summed E-state index contributed by atoms with van der Waals surface area (Å²) in [5.41, 5.74) is 7.18. The molecule has 0 atom stereocenters. The zero-order chi connectivity index (χ0) is 12.9. The van der Waals surface area contributed by atoms with Crippen LogP contribution in [0.25, 0.3) is 0 Å². The fraction of sp³-hybridized carbons (Fsp3) is 0.455. The van der Waals surface area contributed by atoms with Crippen LogP contribution in [0.1, 0.15) is 18.9 Å². The Morgan fingerprint density at radius 2 is 1.88 bits per heavy atom. The smallest absolute Gasteiger partial charge is 0.279 e. The lowest BCUT2D eigenvalue weighted by Crippen LogP contribution is -2.38. The summed E-state index contributed by atoms with van der Waals surface area (Å²) in [5.74, 6) is 0. The SMILES string of the molecule is CCCN(Cc1ccc(N)cc1)S(=O)(=O)NC. The second-order valence-electron chi connectivity index (χ2n) is 3.78. The molecule has 0 aliphatic carbocycles. The monoisotopic (exact) mass is 257 g/mol. The van der Waals surface area contributed by atoms with Crippen molar-refractivity contribution in [3.05, 3.63) is 29.8 Å². The number of nitrogens with zero attached hydrogens (tertiary/aromatic N) is 1. The Kier molecular flexibility index (Phi) is 4.92. The molecule has 1 rings (SSSR count). The van der Waals surface area contributed by atoms with Gasteiger partial charge in [-0.1, -0.05) is 19.1 Å². The number of benzene rings is 1. The first kappa shape index (κ1) is 14.0. The summed E-state index contributed by atoms with van der Waals surface area (Å²) in [6.07, 6.45) is 0.774. The molecular formula is C11H19N3O2S. The van der Waals surface area contributed by atoms with Gasteiger partial charge in [-0.2, -0.15) is 12.7 Å². The molecule has 0 radical (unpaired) electrons. The predicted octanol–water partition coefficient (Wildman–Crippen LogP) is 0.945. The highest BCUT2D eigenvalue weighted by molar-refractivity contribution is 7.87. The molecule has 0 saturated carbocycles. The van der Waals surface area contributed by atoms with Crippen molar-refractivity contribution >= 4 is 15.9 Å². The van der Waals surface area contributed by atoms with Gasteiger partial charge < -0.3 is 5.73 Å². The van der Waals surface area contributed by atoms with E-state index in [1.54, 1.807) is 12.1 Å². The normalized spacial score (nSPS) is 11.9. The van der Waals surface area contributed by atoms with Gasteiger partial charge in [-0.3, -0.25) is 0 Å². The predicted molar refractivity (Wildman–Crippen MR) is 69.5 cm³/mol. The topological polar surface area (TPSA) is 75.4 Å². The van der Waals surface area contributed by atoms with Crippen LogP contribution >= 0.6 is 0 Å². The highest BCUT2D eigenvalue weighted by Crippen LogP contribution is 2.11. The van der Waals surface area contributed by atoms with Gasteiger partial charge in [0.15, 0.2) is 0 Å². The average molecular weight is 257 g/mol. The molecule has 0 unspecified atom stereocenters. The summed E-state index contributed by atoms with van der Waals surface area (Å²) >= 11 is 0. The molecule has 0 aliphatic rings. The van der Waals surface area contributed by atoms with Gasteiger partial charge in [0.2, 0.25) is 0 Å². The van der Waals surface area contributed by atoms with Crippen LogP contribution in [0.4, 0.5) is 5.69 Å². The summed E-state index contributed by atoms with van der Waals surface area (Å²) in [4.78, 5) is 0. The van der Waals surface area contributed by atoms with E-state index in [-0.39, 0.29) is 0 Å². The number of rotatable bonds is 6. The standard InChI is InChI=1S/C11H19N3O2S/c1-3-8-14(17(15,16)13-2)9-10-4-6-11(12)7-5-10/h4-7,13H,3,8-9,12H2,1-2H3. The minimum atomic E-state index is -3.38. The van der Waals surface area contributed by atoms with E-state index in [2.05, 4.69) is 4.72 Å². The Morgan fingerprint density at radius 1 is 1.29 bits per heavy atom. The van der Waals surface area contributed by atoms with Gasteiger partial charge in [-0.05, 0) is 24.1 Å². The number of hydrogen-bond acceptors (Lipinski definition) is 3. The summed E-state index contributed by atoms with van der Waals surface area (Å²) in [5, 5.41) is 0. The average Bonchev–Trinajstić information content (AvgIpc) is 2.31. The molecule has 0 amide bonds. The van der Waals surface area contributed by atoms with Crippen LogP contribution in [0, 0.1) is 0 Å². The largest absolute Gasteiger partial charge is 0.399 e. The number of anilines is 1. The third-order valence-corrected chi connectivity index (χ3v) is 3.92. The molecule has 0 aliphatic heterocycles. The summed E-state index contributed by atoms with van der Waals surface area (Å²) in [7, 11) is -1.96. The Bertz CT molecular complexity index is 442. The van der Waals surface area contributed by atoms with Crippen molar-refractivity contribution in [1.29, 1.82) is 0 Å². The van der Waals surface area contributed by atoms with E-state index in [0.717, 1.165) is 12.0 Å². The van der Waals surface area contributed by atoms with Gasteiger partial charge >= 0.3 is 0 Å². The highest BCUT2D eigenvalue weighted by Gasteiger charge is 2.18. The van der Waals surface area contributed by atoms with Crippen molar-refractivity contribution in [3.63, 3.8) is 0 Å². The molecule has 1 aromatic carbocycles. The van der Waals surface area contributed by atoms with Crippen LogP contribution in [-0.2, 0) is 16.8 Å². The molecule has 0 saturated heterocycles. The zero-order valence-electron chi connectivity index (χ0n) is 10.2. The van der Waals surface area contributed by atoms with Crippen molar-refractivity contribution in [2.24, 2.45) is 0 Å². The zero-order valence-corrected chi connectivity index (χ0v) is 11.0. The molecule has 3 N–H and O–H groups in total.